The Morgan fingerprint density at radius 2 is 1.68 bits per heavy atom. The molecule has 3 rings (SSSR count). The van der Waals surface area contributed by atoms with E-state index in [-0.39, 0.29) is 6.04 Å². The van der Waals surface area contributed by atoms with Crippen LogP contribution < -0.4 is 5.73 Å². The number of hydrogen-bond acceptors (Lipinski definition) is 2. The maximum Gasteiger partial charge on any atom is 0.0652 e. The molecule has 22 heavy (non-hydrogen) atoms. The summed E-state index contributed by atoms with van der Waals surface area (Å²) in [6.07, 6.45) is 14.5. The molecule has 1 aromatic carbocycles. The van der Waals surface area contributed by atoms with Crippen molar-refractivity contribution in [2.45, 2.75) is 13.0 Å². The van der Waals surface area contributed by atoms with E-state index >= 15 is 0 Å². The van der Waals surface area contributed by atoms with Crippen molar-refractivity contribution < 1.29 is 0 Å². The molecular formula is C20H20N2. The van der Waals surface area contributed by atoms with Gasteiger partial charge in [-0.3, -0.25) is 0 Å². The zero-order valence-corrected chi connectivity index (χ0v) is 12.7. The number of nitrogens with one attached hydrogen (secondary N) is 1. The van der Waals surface area contributed by atoms with E-state index in [1.165, 1.54) is 11.1 Å². The number of allylic oxidation sites excluding steroid dienone is 7. The van der Waals surface area contributed by atoms with Crippen LogP contribution in [0.4, 0.5) is 0 Å². The predicted molar refractivity (Wildman–Crippen MR) is 93.7 cm³/mol. The first kappa shape index (κ1) is 14.5. The molecule has 3 N–H and O–H groups in total. The second-order valence-electron chi connectivity index (χ2n) is 5.74. The van der Waals surface area contributed by atoms with Gasteiger partial charge in [-0.15, -0.1) is 0 Å². The molecule has 0 aliphatic heterocycles. The van der Waals surface area contributed by atoms with Gasteiger partial charge in [0.25, 0.3) is 0 Å². The van der Waals surface area contributed by atoms with Crippen molar-refractivity contribution in [1.29, 1.82) is 5.41 Å². The van der Waals surface area contributed by atoms with E-state index in [0.29, 0.717) is 11.6 Å². The van der Waals surface area contributed by atoms with Crippen LogP contribution in [0, 0.1) is 11.3 Å². The van der Waals surface area contributed by atoms with Crippen molar-refractivity contribution in [3.05, 3.63) is 89.1 Å². The number of benzene rings is 1. The lowest BCUT2D eigenvalue weighted by Crippen LogP contribution is -2.28. The minimum absolute atomic E-state index is 0.282. The Morgan fingerprint density at radius 3 is 2.41 bits per heavy atom. The van der Waals surface area contributed by atoms with Gasteiger partial charge in [-0.1, -0.05) is 73.7 Å². The van der Waals surface area contributed by atoms with Gasteiger partial charge in [0.15, 0.2) is 0 Å². The number of nitrogens with two attached hydrogens (primary N) is 1. The second kappa shape index (κ2) is 6.12. The van der Waals surface area contributed by atoms with Gasteiger partial charge in [0.05, 0.1) is 11.8 Å². The molecule has 0 fully saturated rings. The lowest BCUT2D eigenvalue weighted by Gasteiger charge is -2.19. The Labute approximate surface area is 131 Å². The van der Waals surface area contributed by atoms with Gasteiger partial charge in [0.1, 0.15) is 0 Å². The fourth-order valence-corrected chi connectivity index (χ4v) is 2.62. The summed E-state index contributed by atoms with van der Waals surface area (Å²) in [5.74, 6) is 0.388. The molecule has 2 unspecified atom stereocenters. The minimum atomic E-state index is -0.282. The first-order chi connectivity index (χ1) is 10.6. The zero-order chi connectivity index (χ0) is 15.5. The van der Waals surface area contributed by atoms with E-state index in [1.807, 2.05) is 24.3 Å². The van der Waals surface area contributed by atoms with Crippen LogP contribution in [0.1, 0.15) is 12.5 Å². The molecule has 1 aromatic rings. The molecule has 0 aromatic heterocycles. The summed E-state index contributed by atoms with van der Waals surface area (Å²) in [4.78, 5) is 0. The lowest BCUT2D eigenvalue weighted by molar-refractivity contribution is 0.885. The highest BCUT2D eigenvalue weighted by Gasteiger charge is 2.15. The second-order valence-corrected chi connectivity index (χ2v) is 5.74. The van der Waals surface area contributed by atoms with Crippen molar-refractivity contribution in [2.24, 2.45) is 11.7 Å². The lowest BCUT2D eigenvalue weighted by atomic mass is 9.86. The monoisotopic (exact) mass is 288 g/mol. The Hall–Kier alpha value is -2.45. The molecule has 2 nitrogen and oxygen atoms in total. The van der Waals surface area contributed by atoms with Crippen LogP contribution in [0.25, 0.3) is 6.08 Å². The Balaban J connectivity index is 1.94. The first-order valence-electron chi connectivity index (χ1n) is 7.54. The summed E-state index contributed by atoms with van der Waals surface area (Å²) < 4.78 is 0. The molecule has 0 amide bonds. The number of rotatable bonds is 2. The summed E-state index contributed by atoms with van der Waals surface area (Å²) in [6.45, 7) is 2.20. The molecule has 2 atom stereocenters. The van der Waals surface area contributed by atoms with E-state index in [2.05, 4.69) is 55.5 Å². The third-order valence-electron chi connectivity index (χ3n) is 4.03. The Bertz CT molecular complexity index is 730. The molecule has 0 saturated carbocycles. The molecule has 0 bridgehead atoms. The van der Waals surface area contributed by atoms with E-state index in [1.54, 1.807) is 0 Å². The maximum absolute atomic E-state index is 7.89. The maximum atomic E-state index is 7.89. The van der Waals surface area contributed by atoms with E-state index in [0.717, 1.165) is 11.1 Å². The fraction of sp³-hybridized carbons (Fsp3) is 0.150. The van der Waals surface area contributed by atoms with Crippen LogP contribution in [0.5, 0.6) is 0 Å². The summed E-state index contributed by atoms with van der Waals surface area (Å²) >= 11 is 0. The van der Waals surface area contributed by atoms with Crippen molar-refractivity contribution in [3.63, 3.8) is 0 Å². The van der Waals surface area contributed by atoms with E-state index in [4.69, 9.17) is 11.1 Å². The normalized spacial score (nSPS) is 26.1. The quantitative estimate of drug-likeness (QED) is 0.847. The molecule has 0 radical (unpaired) electrons. The van der Waals surface area contributed by atoms with Gasteiger partial charge in [0, 0.05) is 0 Å². The smallest absolute Gasteiger partial charge is 0.0652 e. The Kier molecular flexibility index (Phi) is 4.03. The van der Waals surface area contributed by atoms with Gasteiger partial charge in [-0.25, -0.2) is 0 Å². The van der Waals surface area contributed by atoms with Crippen molar-refractivity contribution in [1.82, 2.24) is 0 Å². The van der Waals surface area contributed by atoms with Gasteiger partial charge in [0.2, 0.25) is 0 Å². The van der Waals surface area contributed by atoms with E-state index < -0.39 is 0 Å². The molecule has 110 valence electrons. The van der Waals surface area contributed by atoms with Crippen molar-refractivity contribution in [3.8, 4) is 0 Å². The van der Waals surface area contributed by atoms with Gasteiger partial charge in [-0.05, 0) is 34.3 Å². The van der Waals surface area contributed by atoms with Crippen LogP contribution in [0.15, 0.2) is 83.5 Å². The molecule has 2 aliphatic rings. The molecule has 2 heteroatoms. The highest BCUT2D eigenvalue weighted by molar-refractivity contribution is 6.01. The third-order valence-corrected chi connectivity index (χ3v) is 4.03. The number of hydrogen-bond donors (Lipinski definition) is 2. The van der Waals surface area contributed by atoms with Gasteiger partial charge < -0.3 is 11.1 Å². The molecular weight excluding hydrogens is 268 g/mol. The fourth-order valence-electron chi connectivity index (χ4n) is 2.62. The molecule has 0 spiro atoms. The molecule has 2 aliphatic carbocycles. The van der Waals surface area contributed by atoms with Crippen LogP contribution in [0.2, 0.25) is 0 Å². The SMILES string of the molecule is CC1C=CC(C2=CC(=N)C(N)C=C2)=C/C1=C\c1ccccc1. The van der Waals surface area contributed by atoms with Crippen molar-refractivity contribution in [2.75, 3.05) is 0 Å². The van der Waals surface area contributed by atoms with Crippen LogP contribution in [-0.2, 0) is 0 Å². The predicted octanol–water partition coefficient (Wildman–Crippen LogP) is 4.05. The molecule has 0 saturated heterocycles. The molecule has 0 heterocycles. The third kappa shape index (κ3) is 3.07. The van der Waals surface area contributed by atoms with Crippen LogP contribution in [-0.4, -0.2) is 11.8 Å². The largest absolute Gasteiger partial charge is 0.319 e. The van der Waals surface area contributed by atoms with Crippen LogP contribution in [0.3, 0.4) is 0 Å². The topological polar surface area (TPSA) is 49.9 Å². The summed E-state index contributed by atoms with van der Waals surface area (Å²) in [6, 6.07) is 10.1. The highest BCUT2D eigenvalue weighted by atomic mass is 14.7. The Morgan fingerprint density at radius 1 is 1.00 bits per heavy atom. The average Bonchev–Trinajstić information content (AvgIpc) is 2.53. The van der Waals surface area contributed by atoms with Crippen molar-refractivity contribution >= 4 is 11.8 Å². The minimum Gasteiger partial charge on any atom is -0.319 e. The van der Waals surface area contributed by atoms with Gasteiger partial charge in [-0.2, -0.15) is 0 Å². The van der Waals surface area contributed by atoms with Gasteiger partial charge >= 0.3 is 0 Å². The zero-order valence-electron chi connectivity index (χ0n) is 12.7. The summed E-state index contributed by atoms with van der Waals surface area (Å²) in [7, 11) is 0. The van der Waals surface area contributed by atoms with E-state index in [9.17, 15) is 0 Å². The van der Waals surface area contributed by atoms with Crippen LogP contribution >= 0.6 is 0 Å². The first-order valence-corrected chi connectivity index (χ1v) is 7.54. The standard InChI is InChI=1S/C20H20N2/c1-14-7-8-16(17-9-10-19(21)20(22)13-17)12-18(14)11-15-5-3-2-4-6-15/h2-14,19,22H,21H2,1H3/b18-11+,22-20?. The summed E-state index contributed by atoms with van der Waals surface area (Å²) in [5, 5.41) is 7.89. The average molecular weight is 288 g/mol. The summed E-state index contributed by atoms with van der Waals surface area (Å²) in [5.41, 5.74) is 10.9. The highest BCUT2D eigenvalue weighted by Crippen LogP contribution is 2.29.